The lowest BCUT2D eigenvalue weighted by Crippen LogP contribution is -2.11. The Hall–Kier alpha value is -3.05. The van der Waals surface area contributed by atoms with E-state index >= 15 is 0 Å². The van der Waals surface area contributed by atoms with Gasteiger partial charge in [-0.15, -0.1) is 5.10 Å². The Morgan fingerprint density at radius 3 is 2.66 bits per heavy atom. The van der Waals surface area contributed by atoms with Crippen molar-refractivity contribution in [2.24, 2.45) is 0 Å². The van der Waals surface area contributed by atoms with Crippen LogP contribution in [0.2, 0.25) is 0 Å². The van der Waals surface area contributed by atoms with Gasteiger partial charge in [0.15, 0.2) is 17.3 Å². The summed E-state index contributed by atoms with van der Waals surface area (Å²) in [6.45, 7) is 1.67. The first-order valence-corrected chi connectivity index (χ1v) is 9.78. The van der Waals surface area contributed by atoms with Crippen LogP contribution in [0.5, 0.6) is 0 Å². The second-order valence-electron chi connectivity index (χ2n) is 5.92. The lowest BCUT2D eigenvalue weighted by atomic mass is 10.2. The van der Waals surface area contributed by atoms with E-state index in [0.717, 1.165) is 28.1 Å². The smallest absolute Gasteiger partial charge is 0.257 e. The second-order valence-corrected chi connectivity index (χ2v) is 7.58. The standard InChI is InChI=1S/C18H11BrF2N6OS/c1-9-15(24-26-27(9)14-7-6-12(20)8-13(14)21)16-22-18(29-25-16)23-17(28)10-2-4-11(19)5-3-10/h2-8H,1H3,(H,22,23,25,28). The highest BCUT2D eigenvalue weighted by atomic mass is 79.9. The van der Waals surface area contributed by atoms with E-state index in [1.165, 1.54) is 10.7 Å². The Balaban J connectivity index is 1.58. The third-order valence-corrected chi connectivity index (χ3v) is 5.16. The molecule has 146 valence electrons. The molecule has 0 radical (unpaired) electrons. The zero-order chi connectivity index (χ0) is 20.5. The van der Waals surface area contributed by atoms with Gasteiger partial charge in [0.25, 0.3) is 5.91 Å². The van der Waals surface area contributed by atoms with Gasteiger partial charge in [0.2, 0.25) is 5.13 Å². The van der Waals surface area contributed by atoms with Crippen molar-refractivity contribution in [1.29, 1.82) is 0 Å². The highest BCUT2D eigenvalue weighted by molar-refractivity contribution is 9.10. The zero-order valence-corrected chi connectivity index (χ0v) is 17.1. The van der Waals surface area contributed by atoms with E-state index in [1.807, 2.05) is 0 Å². The van der Waals surface area contributed by atoms with Crippen LogP contribution in [0.4, 0.5) is 13.9 Å². The number of aromatic nitrogens is 5. The molecule has 1 N–H and O–H groups in total. The number of nitrogens with zero attached hydrogens (tertiary/aromatic N) is 5. The molecule has 0 spiro atoms. The Labute approximate surface area is 175 Å². The van der Waals surface area contributed by atoms with Gasteiger partial charge in [-0.3, -0.25) is 10.1 Å². The molecule has 0 aliphatic carbocycles. The summed E-state index contributed by atoms with van der Waals surface area (Å²) in [4.78, 5) is 16.6. The number of amides is 1. The molecule has 0 atom stereocenters. The number of anilines is 1. The van der Waals surface area contributed by atoms with E-state index in [0.29, 0.717) is 17.0 Å². The number of carbonyl (C=O) groups is 1. The summed E-state index contributed by atoms with van der Waals surface area (Å²) < 4.78 is 33.5. The van der Waals surface area contributed by atoms with Crippen LogP contribution in [0.1, 0.15) is 16.1 Å². The first-order chi connectivity index (χ1) is 13.9. The summed E-state index contributed by atoms with van der Waals surface area (Å²) in [6.07, 6.45) is 0. The molecule has 2 aromatic heterocycles. The van der Waals surface area contributed by atoms with Gasteiger partial charge in [0.05, 0.1) is 5.69 Å². The molecule has 0 saturated heterocycles. The predicted octanol–water partition coefficient (Wildman–Crippen LogP) is 4.39. The minimum Gasteiger partial charge on any atom is -0.297 e. The molecule has 0 bridgehead atoms. The van der Waals surface area contributed by atoms with Gasteiger partial charge < -0.3 is 0 Å². The lowest BCUT2D eigenvalue weighted by Gasteiger charge is -2.04. The number of benzene rings is 2. The van der Waals surface area contributed by atoms with E-state index in [2.05, 4.69) is 40.9 Å². The van der Waals surface area contributed by atoms with E-state index < -0.39 is 11.6 Å². The summed E-state index contributed by atoms with van der Waals surface area (Å²) in [5, 5.41) is 10.9. The Morgan fingerprint density at radius 2 is 1.93 bits per heavy atom. The zero-order valence-electron chi connectivity index (χ0n) is 14.7. The van der Waals surface area contributed by atoms with Crippen molar-refractivity contribution in [3.05, 3.63) is 69.8 Å². The SMILES string of the molecule is Cc1c(-c2nsc(NC(=O)c3ccc(Br)cc3)n2)nnn1-c1ccc(F)cc1F. The van der Waals surface area contributed by atoms with Crippen LogP contribution >= 0.6 is 27.5 Å². The molecule has 4 rings (SSSR count). The maximum Gasteiger partial charge on any atom is 0.257 e. The molecule has 0 aliphatic rings. The Bertz CT molecular complexity index is 1210. The summed E-state index contributed by atoms with van der Waals surface area (Å²) in [6, 6.07) is 10.0. The van der Waals surface area contributed by atoms with Gasteiger partial charge >= 0.3 is 0 Å². The van der Waals surface area contributed by atoms with Gasteiger partial charge in [-0.25, -0.2) is 13.5 Å². The van der Waals surface area contributed by atoms with Crippen LogP contribution in [0.3, 0.4) is 0 Å². The molecule has 29 heavy (non-hydrogen) atoms. The van der Waals surface area contributed by atoms with Crippen molar-refractivity contribution >= 4 is 38.5 Å². The third kappa shape index (κ3) is 3.91. The topological polar surface area (TPSA) is 85.6 Å². The van der Waals surface area contributed by atoms with Crippen molar-refractivity contribution in [2.75, 3.05) is 5.32 Å². The van der Waals surface area contributed by atoms with Gasteiger partial charge in [0.1, 0.15) is 11.5 Å². The first kappa shape index (κ1) is 19.3. The third-order valence-electron chi connectivity index (χ3n) is 4.00. The lowest BCUT2D eigenvalue weighted by molar-refractivity contribution is 0.102. The Morgan fingerprint density at radius 1 is 1.17 bits per heavy atom. The average Bonchev–Trinajstić information content (AvgIpc) is 3.29. The molecule has 7 nitrogen and oxygen atoms in total. The molecular formula is C18H11BrF2N6OS. The van der Waals surface area contributed by atoms with E-state index in [-0.39, 0.29) is 22.6 Å². The van der Waals surface area contributed by atoms with Gasteiger partial charge in [-0.2, -0.15) is 9.36 Å². The molecule has 0 saturated carbocycles. The Kier molecular flexibility index (Phi) is 5.16. The summed E-state index contributed by atoms with van der Waals surface area (Å²) >= 11 is 4.30. The van der Waals surface area contributed by atoms with Crippen LogP contribution in [0.25, 0.3) is 17.2 Å². The van der Waals surface area contributed by atoms with Crippen molar-refractivity contribution in [3.8, 4) is 17.2 Å². The van der Waals surface area contributed by atoms with Gasteiger partial charge in [0, 0.05) is 27.6 Å². The highest BCUT2D eigenvalue weighted by Crippen LogP contribution is 2.25. The maximum absolute atomic E-state index is 14.1. The molecule has 2 aromatic carbocycles. The van der Waals surface area contributed by atoms with E-state index in [9.17, 15) is 13.6 Å². The maximum atomic E-state index is 14.1. The fraction of sp³-hybridized carbons (Fsp3) is 0.0556. The molecule has 0 aliphatic heterocycles. The minimum absolute atomic E-state index is 0.0571. The summed E-state index contributed by atoms with van der Waals surface area (Å²) in [5.41, 5.74) is 1.33. The van der Waals surface area contributed by atoms with Crippen LogP contribution in [-0.4, -0.2) is 30.3 Å². The fourth-order valence-electron chi connectivity index (χ4n) is 2.56. The molecular weight excluding hydrogens is 466 g/mol. The van der Waals surface area contributed by atoms with E-state index in [4.69, 9.17) is 0 Å². The van der Waals surface area contributed by atoms with Gasteiger partial charge in [-0.05, 0) is 43.3 Å². The van der Waals surface area contributed by atoms with Gasteiger partial charge in [-0.1, -0.05) is 21.1 Å². The largest absolute Gasteiger partial charge is 0.297 e. The van der Waals surface area contributed by atoms with Crippen LogP contribution in [0, 0.1) is 18.6 Å². The normalized spacial score (nSPS) is 10.9. The molecule has 4 aromatic rings. The monoisotopic (exact) mass is 476 g/mol. The summed E-state index contributed by atoms with van der Waals surface area (Å²) in [5.74, 6) is -1.53. The second kappa shape index (κ2) is 7.76. The summed E-state index contributed by atoms with van der Waals surface area (Å²) in [7, 11) is 0. The van der Waals surface area contributed by atoms with Crippen molar-refractivity contribution in [3.63, 3.8) is 0 Å². The molecule has 0 fully saturated rings. The number of nitrogens with one attached hydrogen (secondary N) is 1. The molecule has 2 heterocycles. The number of hydrogen-bond acceptors (Lipinski definition) is 6. The van der Waals surface area contributed by atoms with E-state index in [1.54, 1.807) is 31.2 Å². The van der Waals surface area contributed by atoms with Crippen LogP contribution in [-0.2, 0) is 0 Å². The number of carbonyl (C=O) groups excluding carboxylic acids is 1. The molecule has 11 heteroatoms. The molecule has 0 unspecified atom stereocenters. The van der Waals surface area contributed by atoms with Crippen molar-refractivity contribution in [1.82, 2.24) is 24.4 Å². The average molecular weight is 477 g/mol. The first-order valence-electron chi connectivity index (χ1n) is 8.21. The molecule has 1 amide bonds. The fourth-order valence-corrected chi connectivity index (χ4v) is 3.39. The number of hydrogen-bond donors (Lipinski definition) is 1. The van der Waals surface area contributed by atoms with Crippen molar-refractivity contribution in [2.45, 2.75) is 6.92 Å². The number of halogens is 3. The number of rotatable bonds is 4. The predicted molar refractivity (Wildman–Crippen MR) is 107 cm³/mol. The minimum atomic E-state index is -0.766. The van der Waals surface area contributed by atoms with Crippen LogP contribution < -0.4 is 5.32 Å². The van der Waals surface area contributed by atoms with Crippen molar-refractivity contribution < 1.29 is 13.6 Å². The van der Waals surface area contributed by atoms with Crippen LogP contribution in [0.15, 0.2) is 46.9 Å². The highest BCUT2D eigenvalue weighted by Gasteiger charge is 2.19. The quantitative estimate of drug-likeness (QED) is 0.472.